The van der Waals surface area contributed by atoms with Crippen molar-refractivity contribution in [1.29, 1.82) is 0 Å². The van der Waals surface area contributed by atoms with Gasteiger partial charge in [0.25, 0.3) is 0 Å². The number of nitrogens with one attached hydrogen (secondary N) is 2. The zero-order chi connectivity index (χ0) is 15.1. The molecule has 0 saturated carbocycles. The molecule has 1 atom stereocenters. The van der Waals surface area contributed by atoms with Crippen LogP contribution in [0.4, 0.5) is 5.69 Å². The predicted octanol–water partition coefficient (Wildman–Crippen LogP) is 3.09. The van der Waals surface area contributed by atoms with Gasteiger partial charge in [-0.2, -0.15) is 0 Å². The quantitative estimate of drug-likeness (QED) is 0.440. The van der Waals surface area contributed by atoms with Crippen molar-refractivity contribution in [2.45, 2.75) is 33.2 Å². The summed E-state index contributed by atoms with van der Waals surface area (Å²) >= 11 is 0. The Balaban J connectivity index is 0.00000242. The number of aliphatic imine (C=N–C) groups is 1. The second-order valence-electron chi connectivity index (χ2n) is 5.95. The molecule has 1 saturated heterocycles. The van der Waals surface area contributed by atoms with E-state index in [1.54, 1.807) is 0 Å². The number of hydrogen-bond acceptors (Lipinski definition) is 2. The van der Waals surface area contributed by atoms with E-state index in [9.17, 15) is 0 Å². The van der Waals surface area contributed by atoms with E-state index in [1.165, 1.54) is 12.1 Å². The fourth-order valence-corrected chi connectivity index (χ4v) is 2.67. The average Bonchev–Trinajstić information content (AvgIpc) is 2.94. The fraction of sp³-hybridized carbons (Fsp3) is 0.588. The van der Waals surface area contributed by atoms with Crippen molar-refractivity contribution < 1.29 is 0 Å². The van der Waals surface area contributed by atoms with E-state index in [0.29, 0.717) is 12.0 Å². The van der Waals surface area contributed by atoms with E-state index in [-0.39, 0.29) is 24.0 Å². The Bertz CT molecular complexity index is 447. The highest BCUT2D eigenvalue weighted by Crippen LogP contribution is 2.23. The zero-order valence-electron chi connectivity index (χ0n) is 13.9. The molecule has 0 spiro atoms. The maximum atomic E-state index is 4.73. The first-order chi connectivity index (χ1) is 10.2. The predicted molar refractivity (Wildman–Crippen MR) is 106 cm³/mol. The Morgan fingerprint density at radius 3 is 2.68 bits per heavy atom. The summed E-state index contributed by atoms with van der Waals surface area (Å²) in [5, 5.41) is 6.68. The van der Waals surface area contributed by atoms with Crippen LogP contribution in [0.25, 0.3) is 0 Å². The van der Waals surface area contributed by atoms with Crippen LogP contribution >= 0.6 is 24.0 Å². The van der Waals surface area contributed by atoms with Crippen LogP contribution in [0.1, 0.15) is 27.2 Å². The first-order valence-corrected chi connectivity index (χ1v) is 8.04. The topological polar surface area (TPSA) is 39.7 Å². The lowest BCUT2D eigenvalue weighted by Crippen LogP contribution is -2.41. The summed E-state index contributed by atoms with van der Waals surface area (Å²) in [5.41, 5.74) is 1.33. The van der Waals surface area contributed by atoms with Crippen molar-refractivity contribution in [3.05, 3.63) is 30.3 Å². The number of anilines is 1. The standard InChI is InChI=1S/C17H28N4.HI/c1-4-18-17(20-14(2)3)19-12-15-10-11-21(13-15)16-8-6-5-7-9-16;/h5-9,14-15H,4,10-13H2,1-3H3,(H2,18,19,20);1H. The minimum atomic E-state index is 0. The van der Waals surface area contributed by atoms with Crippen LogP contribution in [0.15, 0.2) is 35.3 Å². The molecule has 22 heavy (non-hydrogen) atoms. The van der Waals surface area contributed by atoms with Crippen LogP contribution in [0.3, 0.4) is 0 Å². The Kier molecular flexibility index (Phi) is 8.60. The Morgan fingerprint density at radius 1 is 1.32 bits per heavy atom. The lowest BCUT2D eigenvalue weighted by atomic mass is 10.1. The molecule has 4 nitrogen and oxygen atoms in total. The van der Waals surface area contributed by atoms with Gasteiger partial charge >= 0.3 is 0 Å². The van der Waals surface area contributed by atoms with E-state index in [1.807, 2.05) is 0 Å². The highest BCUT2D eigenvalue weighted by molar-refractivity contribution is 14.0. The SMILES string of the molecule is CCNC(=NCC1CCN(c2ccccc2)C1)NC(C)C.I. The summed E-state index contributed by atoms with van der Waals surface area (Å²) in [6.45, 7) is 10.4. The normalized spacial score (nSPS) is 18.3. The van der Waals surface area contributed by atoms with Gasteiger partial charge in [0, 0.05) is 37.9 Å². The summed E-state index contributed by atoms with van der Waals surface area (Å²) < 4.78 is 0. The van der Waals surface area contributed by atoms with Gasteiger partial charge < -0.3 is 15.5 Å². The number of nitrogens with zero attached hydrogens (tertiary/aromatic N) is 2. The zero-order valence-corrected chi connectivity index (χ0v) is 16.2. The maximum absolute atomic E-state index is 4.73. The minimum absolute atomic E-state index is 0. The summed E-state index contributed by atoms with van der Waals surface area (Å²) in [5.74, 6) is 1.58. The molecule has 0 aromatic heterocycles. The molecule has 1 heterocycles. The summed E-state index contributed by atoms with van der Waals surface area (Å²) in [6.07, 6.45) is 1.22. The summed E-state index contributed by atoms with van der Waals surface area (Å²) in [7, 11) is 0. The summed E-state index contributed by atoms with van der Waals surface area (Å²) in [4.78, 5) is 7.19. The number of hydrogen-bond donors (Lipinski definition) is 2. The first-order valence-electron chi connectivity index (χ1n) is 8.04. The van der Waals surface area contributed by atoms with E-state index >= 15 is 0 Å². The maximum Gasteiger partial charge on any atom is 0.191 e. The number of halogens is 1. The van der Waals surface area contributed by atoms with Crippen LogP contribution in [0.5, 0.6) is 0 Å². The molecule has 1 aliphatic heterocycles. The lowest BCUT2D eigenvalue weighted by Gasteiger charge is -2.18. The number of para-hydroxylation sites is 1. The molecular formula is C17H29IN4. The van der Waals surface area contributed by atoms with E-state index in [2.05, 4.69) is 66.6 Å². The van der Waals surface area contributed by atoms with Gasteiger partial charge in [0.05, 0.1) is 0 Å². The third-order valence-electron chi connectivity index (χ3n) is 3.68. The molecular weight excluding hydrogens is 387 g/mol. The van der Waals surface area contributed by atoms with Gasteiger partial charge in [0.1, 0.15) is 0 Å². The van der Waals surface area contributed by atoms with Crippen LogP contribution in [-0.2, 0) is 0 Å². The monoisotopic (exact) mass is 416 g/mol. The van der Waals surface area contributed by atoms with Gasteiger partial charge in [-0.1, -0.05) is 18.2 Å². The van der Waals surface area contributed by atoms with Crippen molar-refractivity contribution in [3.8, 4) is 0 Å². The second-order valence-corrected chi connectivity index (χ2v) is 5.95. The van der Waals surface area contributed by atoms with Crippen molar-refractivity contribution in [2.75, 3.05) is 31.1 Å². The molecule has 0 aliphatic carbocycles. The van der Waals surface area contributed by atoms with Crippen molar-refractivity contribution in [1.82, 2.24) is 10.6 Å². The molecule has 0 bridgehead atoms. The third-order valence-corrected chi connectivity index (χ3v) is 3.68. The van der Waals surface area contributed by atoms with E-state index in [4.69, 9.17) is 4.99 Å². The second kappa shape index (κ2) is 9.92. The minimum Gasteiger partial charge on any atom is -0.371 e. The van der Waals surface area contributed by atoms with Crippen LogP contribution in [-0.4, -0.2) is 38.2 Å². The van der Waals surface area contributed by atoms with Crippen molar-refractivity contribution in [2.24, 2.45) is 10.9 Å². The fourth-order valence-electron chi connectivity index (χ4n) is 2.67. The van der Waals surface area contributed by atoms with Crippen LogP contribution in [0.2, 0.25) is 0 Å². The number of benzene rings is 1. The van der Waals surface area contributed by atoms with Gasteiger partial charge in [-0.3, -0.25) is 4.99 Å². The van der Waals surface area contributed by atoms with E-state index in [0.717, 1.165) is 32.1 Å². The Labute approximate surface area is 151 Å². The molecule has 1 aliphatic rings. The largest absolute Gasteiger partial charge is 0.371 e. The van der Waals surface area contributed by atoms with Crippen molar-refractivity contribution in [3.63, 3.8) is 0 Å². The molecule has 1 aromatic carbocycles. The summed E-state index contributed by atoms with van der Waals surface area (Å²) in [6, 6.07) is 11.1. The van der Waals surface area contributed by atoms with Gasteiger partial charge in [-0.15, -0.1) is 24.0 Å². The molecule has 2 rings (SSSR count). The number of rotatable bonds is 5. The molecule has 1 aromatic rings. The molecule has 0 radical (unpaired) electrons. The Morgan fingerprint density at radius 2 is 2.05 bits per heavy atom. The van der Waals surface area contributed by atoms with Gasteiger partial charge in [0.2, 0.25) is 0 Å². The smallest absolute Gasteiger partial charge is 0.191 e. The van der Waals surface area contributed by atoms with Crippen LogP contribution in [0, 0.1) is 5.92 Å². The first kappa shape index (κ1) is 19.1. The van der Waals surface area contributed by atoms with Gasteiger partial charge in [-0.05, 0) is 45.2 Å². The Hall–Kier alpha value is -0.980. The highest BCUT2D eigenvalue weighted by Gasteiger charge is 2.22. The molecule has 5 heteroatoms. The molecule has 2 N–H and O–H groups in total. The van der Waals surface area contributed by atoms with Gasteiger partial charge in [-0.25, -0.2) is 0 Å². The molecule has 124 valence electrons. The van der Waals surface area contributed by atoms with Gasteiger partial charge in [0.15, 0.2) is 5.96 Å². The molecule has 1 unspecified atom stereocenters. The third kappa shape index (κ3) is 6.02. The van der Waals surface area contributed by atoms with E-state index < -0.39 is 0 Å². The molecule has 1 fully saturated rings. The lowest BCUT2D eigenvalue weighted by molar-refractivity contribution is 0.595. The van der Waals surface area contributed by atoms with Crippen LogP contribution < -0.4 is 15.5 Å². The highest BCUT2D eigenvalue weighted by atomic mass is 127. The average molecular weight is 416 g/mol. The number of guanidine groups is 1. The molecule has 0 amide bonds. The van der Waals surface area contributed by atoms with Crippen molar-refractivity contribution >= 4 is 35.6 Å².